The van der Waals surface area contributed by atoms with Crippen LogP contribution >= 0.6 is 0 Å². The number of hydrogen-bond acceptors (Lipinski definition) is 1. The van der Waals surface area contributed by atoms with Gasteiger partial charge in [0.1, 0.15) is 0 Å². The zero-order valence-corrected chi connectivity index (χ0v) is 8.64. The summed E-state index contributed by atoms with van der Waals surface area (Å²) in [6.07, 6.45) is 9.64. The van der Waals surface area contributed by atoms with Crippen molar-refractivity contribution in [3.05, 3.63) is 0 Å². The Morgan fingerprint density at radius 3 is 2.69 bits per heavy atom. The molecule has 1 unspecified atom stereocenters. The molecule has 1 aliphatic heterocycles. The molecule has 1 heterocycles. The number of nitrogens with one attached hydrogen (secondary N) is 1. The van der Waals surface area contributed by atoms with Gasteiger partial charge in [-0.3, -0.25) is 4.79 Å². The molecule has 0 aromatic heterocycles. The summed E-state index contributed by atoms with van der Waals surface area (Å²) in [7, 11) is 0. The number of unbranched alkanes of at least 4 members (excludes halogenated alkanes) is 4. The first-order valence-corrected chi connectivity index (χ1v) is 5.62. The van der Waals surface area contributed by atoms with Crippen LogP contribution in [-0.4, -0.2) is 11.9 Å². The molecular formula is C11H21NO. The lowest BCUT2D eigenvalue weighted by atomic mass is 10.1. The van der Waals surface area contributed by atoms with Gasteiger partial charge in [-0.05, 0) is 12.8 Å². The fourth-order valence-electron chi connectivity index (χ4n) is 1.89. The minimum absolute atomic E-state index is 0.249. The van der Waals surface area contributed by atoms with E-state index >= 15 is 0 Å². The first-order chi connectivity index (χ1) is 6.33. The third-order valence-corrected chi connectivity index (χ3v) is 2.74. The third-order valence-electron chi connectivity index (χ3n) is 2.74. The zero-order chi connectivity index (χ0) is 9.52. The monoisotopic (exact) mass is 183 g/mol. The molecule has 0 saturated carbocycles. The van der Waals surface area contributed by atoms with Crippen LogP contribution in [0, 0.1) is 0 Å². The van der Waals surface area contributed by atoms with Crippen LogP contribution in [0.3, 0.4) is 0 Å². The second-order valence-corrected chi connectivity index (χ2v) is 4.01. The minimum Gasteiger partial charge on any atom is -0.353 e. The molecule has 1 saturated heterocycles. The maximum Gasteiger partial charge on any atom is 0.220 e. The first kappa shape index (κ1) is 10.6. The summed E-state index contributed by atoms with van der Waals surface area (Å²) in [5, 5.41) is 3.01. The lowest BCUT2D eigenvalue weighted by molar-refractivity contribution is -0.119. The van der Waals surface area contributed by atoms with E-state index in [9.17, 15) is 4.79 Å². The van der Waals surface area contributed by atoms with Crippen molar-refractivity contribution < 1.29 is 4.79 Å². The SMILES string of the molecule is CCCCCCCC1CCC(=O)N1. The Balaban J connectivity index is 1.91. The van der Waals surface area contributed by atoms with E-state index in [1.165, 1.54) is 38.5 Å². The van der Waals surface area contributed by atoms with Crippen molar-refractivity contribution in [3.8, 4) is 0 Å². The van der Waals surface area contributed by atoms with E-state index in [1.807, 2.05) is 0 Å². The second kappa shape index (κ2) is 6.01. The zero-order valence-electron chi connectivity index (χ0n) is 8.64. The summed E-state index contributed by atoms with van der Waals surface area (Å²) >= 11 is 0. The summed E-state index contributed by atoms with van der Waals surface area (Å²) < 4.78 is 0. The van der Waals surface area contributed by atoms with E-state index < -0.39 is 0 Å². The third kappa shape index (κ3) is 4.30. The van der Waals surface area contributed by atoms with Crippen molar-refractivity contribution in [2.75, 3.05) is 0 Å². The average Bonchev–Trinajstić information content (AvgIpc) is 2.51. The molecule has 0 aromatic rings. The Labute approximate surface area is 81.1 Å². The molecule has 0 radical (unpaired) electrons. The van der Waals surface area contributed by atoms with Gasteiger partial charge in [0.2, 0.25) is 5.91 Å². The summed E-state index contributed by atoms with van der Waals surface area (Å²) in [5.74, 6) is 0.249. The fourth-order valence-corrected chi connectivity index (χ4v) is 1.89. The number of amides is 1. The molecule has 1 amide bonds. The van der Waals surface area contributed by atoms with Crippen LogP contribution in [0.1, 0.15) is 58.3 Å². The van der Waals surface area contributed by atoms with Crippen LogP contribution in [0.15, 0.2) is 0 Å². The largest absolute Gasteiger partial charge is 0.353 e. The van der Waals surface area contributed by atoms with Crippen molar-refractivity contribution in [2.24, 2.45) is 0 Å². The molecule has 1 N–H and O–H groups in total. The second-order valence-electron chi connectivity index (χ2n) is 4.01. The maximum atomic E-state index is 10.9. The van der Waals surface area contributed by atoms with E-state index in [1.54, 1.807) is 0 Å². The molecule has 0 spiro atoms. The van der Waals surface area contributed by atoms with Gasteiger partial charge in [-0.2, -0.15) is 0 Å². The summed E-state index contributed by atoms with van der Waals surface area (Å²) in [5.41, 5.74) is 0. The molecule has 13 heavy (non-hydrogen) atoms. The van der Waals surface area contributed by atoms with Gasteiger partial charge in [0, 0.05) is 12.5 Å². The maximum absolute atomic E-state index is 10.9. The summed E-state index contributed by atoms with van der Waals surface area (Å²) in [6, 6.07) is 0.495. The predicted molar refractivity (Wildman–Crippen MR) is 54.5 cm³/mol. The Hall–Kier alpha value is -0.530. The van der Waals surface area contributed by atoms with Gasteiger partial charge in [0.05, 0.1) is 0 Å². The highest BCUT2D eigenvalue weighted by atomic mass is 16.1. The highest BCUT2D eigenvalue weighted by Gasteiger charge is 2.19. The van der Waals surface area contributed by atoms with Crippen molar-refractivity contribution >= 4 is 5.91 Å². The van der Waals surface area contributed by atoms with Gasteiger partial charge < -0.3 is 5.32 Å². The highest BCUT2D eigenvalue weighted by Crippen LogP contribution is 2.14. The van der Waals surface area contributed by atoms with Crippen molar-refractivity contribution in [1.82, 2.24) is 5.32 Å². The van der Waals surface area contributed by atoms with Gasteiger partial charge in [-0.25, -0.2) is 0 Å². The number of rotatable bonds is 6. The van der Waals surface area contributed by atoms with Gasteiger partial charge in [0.25, 0.3) is 0 Å². The van der Waals surface area contributed by atoms with Crippen LogP contribution in [-0.2, 0) is 4.79 Å². The van der Waals surface area contributed by atoms with Gasteiger partial charge in [0.15, 0.2) is 0 Å². The number of hydrogen-bond donors (Lipinski definition) is 1. The van der Waals surface area contributed by atoms with Crippen LogP contribution in [0.2, 0.25) is 0 Å². The highest BCUT2D eigenvalue weighted by molar-refractivity contribution is 5.78. The molecule has 2 nitrogen and oxygen atoms in total. The molecule has 2 heteroatoms. The standard InChI is InChI=1S/C11H21NO/c1-2-3-4-5-6-7-10-8-9-11(13)12-10/h10H,2-9H2,1H3,(H,12,13). The lowest BCUT2D eigenvalue weighted by Crippen LogP contribution is -2.24. The smallest absolute Gasteiger partial charge is 0.220 e. The first-order valence-electron chi connectivity index (χ1n) is 5.62. The van der Waals surface area contributed by atoms with E-state index in [2.05, 4.69) is 12.2 Å². The van der Waals surface area contributed by atoms with E-state index in [0.29, 0.717) is 6.04 Å². The molecule has 76 valence electrons. The van der Waals surface area contributed by atoms with Crippen LogP contribution in [0.4, 0.5) is 0 Å². The Morgan fingerprint density at radius 1 is 1.31 bits per heavy atom. The molecule has 1 fully saturated rings. The van der Waals surface area contributed by atoms with Crippen LogP contribution in [0.25, 0.3) is 0 Å². The van der Waals surface area contributed by atoms with Gasteiger partial charge in [-0.15, -0.1) is 0 Å². The molecule has 0 aromatic carbocycles. The molecule has 1 aliphatic rings. The molecular weight excluding hydrogens is 162 g/mol. The van der Waals surface area contributed by atoms with E-state index in [4.69, 9.17) is 0 Å². The van der Waals surface area contributed by atoms with Crippen LogP contribution < -0.4 is 5.32 Å². The normalized spacial score (nSPS) is 21.9. The van der Waals surface area contributed by atoms with E-state index in [-0.39, 0.29) is 5.91 Å². The Bertz CT molecular complexity index is 156. The minimum atomic E-state index is 0.249. The molecule has 0 aliphatic carbocycles. The molecule has 0 bridgehead atoms. The average molecular weight is 183 g/mol. The summed E-state index contributed by atoms with van der Waals surface area (Å²) in [6.45, 7) is 2.23. The van der Waals surface area contributed by atoms with Crippen molar-refractivity contribution in [1.29, 1.82) is 0 Å². The van der Waals surface area contributed by atoms with E-state index in [0.717, 1.165) is 12.8 Å². The lowest BCUT2D eigenvalue weighted by Gasteiger charge is -2.08. The quantitative estimate of drug-likeness (QED) is 0.630. The number of carbonyl (C=O) groups is 1. The fraction of sp³-hybridized carbons (Fsp3) is 0.909. The van der Waals surface area contributed by atoms with Crippen LogP contribution in [0.5, 0.6) is 0 Å². The molecule has 1 rings (SSSR count). The number of carbonyl (C=O) groups excluding carboxylic acids is 1. The predicted octanol–water partition coefficient (Wildman–Crippen LogP) is 2.63. The Kier molecular flexibility index (Phi) is 4.87. The Morgan fingerprint density at radius 2 is 2.08 bits per heavy atom. The van der Waals surface area contributed by atoms with Gasteiger partial charge in [-0.1, -0.05) is 39.0 Å². The topological polar surface area (TPSA) is 29.1 Å². The summed E-state index contributed by atoms with van der Waals surface area (Å²) in [4.78, 5) is 10.9. The van der Waals surface area contributed by atoms with Crippen molar-refractivity contribution in [2.45, 2.75) is 64.3 Å². The molecule has 1 atom stereocenters. The van der Waals surface area contributed by atoms with Gasteiger partial charge >= 0.3 is 0 Å². The van der Waals surface area contributed by atoms with Crippen molar-refractivity contribution in [3.63, 3.8) is 0 Å².